The average Bonchev–Trinajstić information content (AvgIpc) is 3.38. The second kappa shape index (κ2) is 7.68. The van der Waals surface area contributed by atoms with E-state index in [4.69, 9.17) is 15.6 Å². The van der Waals surface area contributed by atoms with Crippen LogP contribution in [0.1, 0.15) is 46.5 Å². The summed E-state index contributed by atoms with van der Waals surface area (Å²) in [6.45, 7) is 4.77. The molecule has 32 heavy (non-hydrogen) atoms. The van der Waals surface area contributed by atoms with Crippen molar-refractivity contribution in [3.63, 3.8) is 0 Å². The molecule has 2 aromatic heterocycles. The van der Waals surface area contributed by atoms with Gasteiger partial charge in [-0.1, -0.05) is 38.1 Å². The largest absolute Gasteiger partial charge is 0.455 e. The Morgan fingerprint density at radius 1 is 0.844 bits per heavy atom. The molecule has 0 saturated heterocycles. The van der Waals surface area contributed by atoms with E-state index in [9.17, 15) is 4.79 Å². The molecule has 0 radical (unpaired) electrons. The molecular weight excluding hydrogens is 398 g/mol. The zero-order valence-electron chi connectivity index (χ0n) is 18.2. The molecule has 2 heterocycles. The topological polar surface area (TPSA) is 92.1 Å². The predicted molar refractivity (Wildman–Crippen MR) is 130 cm³/mol. The Morgan fingerprint density at radius 3 is 2.00 bits per heavy atom. The number of rotatable bonds is 6. The number of hydrogen-bond donors (Lipinski definition) is 3. The van der Waals surface area contributed by atoms with Gasteiger partial charge in [0.05, 0.1) is 0 Å². The van der Waals surface area contributed by atoms with Crippen LogP contribution in [0.25, 0.3) is 32.7 Å². The van der Waals surface area contributed by atoms with Crippen molar-refractivity contribution in [2.24, 2.45) is 5.73 Å². The highest BCUT2D eigenvalue weighted by atomic mass is 16.3. The fourth-order valence-electron chi connectivity index (χ4n) is 4.49. The van der Waals surface area contributed by atoms with Gasteiger partial charge >= 0.3 is 0 Å². The second-order valence-corrected chi connectivity index (χ2v) is 8.19. The summed E-state index contributed by atoms with van der Waals surface area (Å²) in [6.07, 6.45) is 1.99. The van der Waals surface area contributed by atoms with Crippen LogP contribution >= 0.6 is 0 Å². The maximum Gasteiger partial charge on any atom is 0.251 e. The highest BCUT2D eigenvalue weighted by molar-refractivity contribution is 6.26. The summed E-state index contributed by atoms with van der Waals surface area (Å²) in [7, 11) is 0. The number of amides is 1. The molecule has 0 unspecified atom stereocenters. The van der Waals surface area contributed by atoms with Crippen molar-refractivity contribution in [1.29, 1.82) is 5.41 Å². The van der Waals surface area contributed by atoms with Crippen molar-refractivity contribution >= 4 is 44.5 Å². The lowest BCUT2D eigenvalue weighted by Crippen LogP contribution is -2.22. The van der Waals surface area contributed by atoms with Crippen molar-refractivity contribution in [3.8, 4) is 0 Å². The fraction of sp³-hybridized carbons (Fsp3) is 0.185. The van der Waals surface area contributed by atoms with Crippen molar-refractivity contribution < 1.29 is 9.21 Å². The lowest BCUT2D eigenvalue weighted by Gasteiger charge is -2.09. The monoisotopic (exact) mass is 423 g/mol. The maximum atomic E-state index is 12.8. The molecule has 5 heteroatoms. The van der Waals surface area contributed by atoms with Gasteiger partial charge < -0.3 is 15.5 Å². The molecule has 5 nitrogen and oxygen atoms in total. The summed E-state index contributed by atoms with van der Waals surface area (Å²) in [6, 6.07) is 17.6. The number of hydrogen-bond acceptors (Lipinski definition) is 3. The van der Waals surface area contributed by atoms with Crippen LogP contribution in [0.3, 0.4) is 0 Å². The molecule has 5 aromatic rings. The van der Waals surface area contributed by atoms with Gasteiger partial charge in [0.1, 0.15) is 17.0 Å². The number of aryl methyl sites for hydroxylation is 2. The Labute approximate surface area is 186 Å². The Balaban J connectivity index is 1.45. The van der Waals surface area contributed by atoms with Gasteiger partial charge in [0.2, 0.25) is 0 Å². The predicted octanol–water partition coefficient (Wildman–Crippen LogP) is 5.52. The summed E-state index contributed by atoms with van der Waals surface area (Å²) < 4.78 is 6.18. The molecule has 4 N–H and O–H groups in total. The summed E-state index contributed by atoms with van der Waals surface area (Å²) in [5, 5.41) is 14.8. The number of nitrogen functional groups attached to an aromatic ring is 1. The van der Waals surface area contributed by atoms with Gasteiger partial charge in [-0.25, -0.2) is 0 Å². The Kier molecular flexibility index (Phi) is 4.82. The van der Waals surface area contributed by atoms with Crippen molar-refractivity contribution in [1.82, 2.24) is 5.32 Å². The standard InChI is InChI=1S/C27H25N3O2/c1-3-16-11-22-23(12-17(16)4-2)25-21-13-19(9-10-20(21)24(22)32-25)27(31)30-14-15-5-7-18(8-6-15)26(28)29/h5-13H,3-4,14H2,1-2H3,(H3,28,29)(H,30,31). The SMILES string of the molecule is CCc1cc2c(cc1CC)c1oc2c2ccc(C(=O)NCc3ccc(C(=N)N)cc3)cc21. The molecule has 0 aliphatic carbocycles. The van der Waals surface area contributed by atoms with Crippen LogP contribution in [-0.2, 0) is 19.4 Å². The van der Waals surface area contributed by atoms with Crippen LogP contribution in [-0.4, -0.2) is 11.7 Å². The first-order valence-electron chi connectivity index (χ1n) is 10.9. The van der Waals surface area contributed by atoms with Crippen LogP contribution in [0, 0.1) is 5.41 Å². The third-order valence-corrected chi connectivity index (χ3v) is 6.28. The summed E-state index contributed by atoms with van der Waals surface area (Å²) >= 11 is 0. The molecule has 0 aliphatic heterocycles. The summed E-state index contributed by atoms with van der Waals surface area (Å²) in [5.74, 6) is -0.100. The molecule has 0 spiro atoms. The Hall–Kier alpha value is -3.86. The van der Waals surface area contributed by atoms with E-state index in [1.807, 2.05) is 30.3 Å². The number of amidine groups is 1. The van der Waals surface area contributed by atoms with E-state index in [1.165, 1.54) is 11.1 Å². The molecule has 0 saturated carbocycles. The number of furan rings is 2. The molecule has 2 bridgehead atoms. The van der Waals surface area contributed by atoms with E-state index < -0.39 is 0 Å². The minimum atomic E-state index is -0.132. The molecule has 5 rings (SSSR count). The zero-order valence-corrected chi connectivity index (χ0v) is 18.2. The van der Waals surface area contributed by atoms with E-state index in [-0.39, 0.29) is 11.7 Å². The van der Waals surface area contributed by atoms with Crippen molar-refractivity contribution in [2.45, 2.75) is 33.2 Å². The first-order valence-corrected chi connectivity index (χ1v) is 10.9. The van der Waals surface area contributed by atoms with Crippen LogP contribution in [0.4, 0.5) is 0 Å². The molecule has 0 aliphatic rings. The quantitative estimate of drug-likeness (QED) is 0.191. The molecule has 160 valence electrons. The lowest BCUT2D eigenvalue weighted by molar-refractivity contribution is 0.0951. The van der Waals surface area contributed by atoms with Crippen LogP contribution < -0.4 is 11.1 Å². The van der Waals surface area contributed by atoms with E-state index in [2.05, 4.69) is 31.3 Å². The first kappa shape index (κ1) is 20.1. The smallest absolute Gasteiger partial charge is 0.251 e. The van der Waals surface area contributed by atoms with Gasteiger partial charge in [-0.2, -0.15) is 0 Å². The van der Waals surface area contributed by atoms with E-state index >= 15 is 0 Å². The molecule has 3 aromatic carbocycles. The normalized spacial score (nSPS) is 11.6. The van der Waals surface area contributed by atoms with Gasteiger partial charge in [0, 0.05) is 39.2 Å². The van der Waals surface area contributed by atoms with Gasteiger partial charge in [0.25, 0.3) is 5.91 Å². The molecule has 0 fully saturated rings. The number of nitrogens with two attached hydrogens (primary N) is 1. The van der Waals surface area contributed by atoms with E-state index in [1.54, 1.807) is 12.1 Å². The fourth-order valence-corrected chi connectivity index (χ4v) is 4.49. The van der Waals surface area contributed by atoms with Crippen molar-refractivity contribution in [3.05, 3.63) is 82.4 Å². The number of benzene rings is 4. The van der Waals surface area contributed by atoms with E-state index in [0.717, 1.165) is 51.1 Å². The van der Waals surface area contributed by atoms with Gasteiger partial charge in [0.15, 0.2) is 0 Å². The van der Waals surface area contributed by atoms with Crippen LogP contribution in [0.5, 0.6) is 0 Å². The third-order valence-electron chi connectivity index (χ3n) is 6.28. The Morgan fingerprint density at radius 2 is 1.41 bits per heavy atom. The maximum absolute atomic E-state index is 12.8. The average molecular weight is 424 g/mol. The summed E-state index contributed by atoms with van der Waals surface area (Å²) in [5.41, 5.74) is 12.2. The second-order valence-electron chi connectivity index (χ2n) is 8.19. The lowest BCUT2D eigenvalue weighted by atomic mass is 9.95. The number of carbonyl (C=O) groups excluding carboxylic acids is 1. The van der Waals surface area contributed by atoms with Crippen LogP contribution in [0.2, 0.25) is 0 Å². The van der Waals surface area contributed by atoms with Crippen molar-refractivity contribution in [2.75, 3.05) is 0 Å². The highest BCUT2D eigenvalue weighted by Gasteiger charge is 2.20. The minimum Gasteiger partial charge on any atom is -0.455 e. The van der Waals surface area contributed by atoms with Crippen LogP contribution in [0.15, 0.2) is 59.0 Å². The Bertz CT molecular complexity index is 1480. The number of nitrogens with one attached hydrogen (secondary N) is 2. The molecule has 0 atom stereocenters. The highest BCUT2D eigenvalue weighted by Crippen LogP contribution is 2.42. The summed E-state index contributed by atoms with van der Waals surface area (Å²) in [4.78, 5) is 12.8. The van der Waals surface area contributed by atoms with Gasteiger partial charge in [-0.3, -0.25) is 10.2 Å². The zero-order chi connectivity index (χ0) is 22.4. The molecule has 1 amide bonds. The third kappa shape index (κ3) is 3.17. The number of carbonyl (C=O) groups is 1. The first-order chi connectivity index (χ1) is 15.5. The minimum absolute atomic E-state index is 0.0316. The molecular formula is C27H25N3O2. The number of fused-ring (bicyclic) bond motifs is 8. The van der Waals surface area contributed by atoms with Gasteiger partial charge in [-0.05, 0) is 59.9 Å². The van der Waals surface area contributed by atoms with E-state index in [0.29, 0.717) is 17.7 Å². The van der Waals surface area contributed by atoms with Gasteiger partial charge in [-0.15, -0.1) is 0 Å².